The molecule has 2 aromatic rings. The van der Waals surface area contributed by atoms with Gasteiger partial charge in [0, 0.05) is 18.2 Å². The predicted octanol–water partition coefficient (Wildman–Crippen LogP) is 2.67. The minimum absolute atomic E-state index is 0.0842. The third-order valence-electron chi connectivity index (χ3n) is 3.30. The number of hydrogen-bond acceptors (Lipinski definition) is 5. The topological polar surface area (TPSA) is 100 Å². The van der Waals surface area contributed by atoms with Crippen LogP contribution in [0, 0.1) is 21.4 Å². The fourth-order valence-corrected chi connectivity index (χ4v) is 2.18. The lowest BCUT2D eigenvalue weighted by Gasteiger charge is -2.20. The quantitative estimate of drug-likeness (QED) is 0.578. The maximum atomic E-state index is 12.5. The van der Waals surface area contributed by atoms with E-state index in [9.17, 15) is 14.9 Å². The van der Waals surface area contributed by atoms with Crippen LogP contribution in [-0.4, -0.2) is 22.3 Å². The van der Waals surface area contributed by atoms with Gasteiger partial charge >= 0.3 is 0 Å². The van der Waals surface area contributed by atoms with Crippen molar-refractivity contribution in [3.63, 3.8) is 0 Å². The van der Waals surface area contributed by atoms with Gasteiger partial charge in [0.15, 0.2) is 0 Å². The van der Waals surface area contributed by atoms with Gasteiger partial charge in [0.05, 0.1) is 36.6 Å². The first kappa shape index (κ1) is 16.2. The van der Waals surface area contributed by atoms with E-state index in [1.54, 1.807) is 30.3 Å². The first-order valence-electron chi connectivity index (χ1n) is 7.01. The van der Waals surface area contributed by atoms with E-state index in [4.69, 9.17) is 9.68 Å². The molecule has 0 atom stereocenters. The summed E-state index contributed by atoms with van der Waals surface area (Å²) in [7, 11) is 0. The van der Waals surface area contributed by atoms with E-state index in [2.05, 4.69) is 0 Å². The summed E-state index contributed by atoms with van der Waals surface area (Å²) in [5.74, 6) is 0.310. The molecule has 0 bridgehead atoms. The molecule has 0 aliphatic carbocycles. The van der Waals surface area contributed by atoms with Gasteiger partial charge in [-0.2, -0.15) is 5.26 Å². The zero-order valence-corrected chi connectivity index (χ0v) is 12.3. The zero-order valence-electron chi connectivity index (χ0n) is 12.3. The standard InChI is InChI=1S/C16H15N3O4/c17-8-4-9-18(12-14-6-3-10-23-14)16(20)11-13-5-1-2-7-15(13)19(21)22/h1-3,5-7,10H,4,9,11-12H2. The van der Waals surface area contributed by atoms with Gasteiger partial charge in [-0.1, -0.05) is 18.2 Å². The minimum Gasteiger partial charge on any atom is -0.467 e. The Hall–Kier alpha value is -3.14. The lowest BCUT2D eigenvalue weighted by Crippen LogP contribution is -2.32. The Kier molecular flexibility index (Phi) is 5.47. The van der Waals surface area contributed by atoms with Crippen LogP contribution in [0.25, 0.3) is 0 Å². The summed E-state index contributed by atoms with van der Waals surface area (Å²) in [4.78, 5) is 24.5. The molecule has 7 heteroatoms. The summed E-state index contributed by atoms with van der Waals surface area (Å²) < 4.78 is 5.22. The number of para-hydroxylation sites is 1. The molecule has 0 saturated carbocycles. The van der Waals surface area contributed by atoms with Crippen LogP contribution in [0.1, 0.15) is 17.7 Å². The highest BCUT2D eigenvalue weighted by molar-refractivity contribution is 5.80. The Morgan fingerprint density at radius 1 is 1.30 bits per heavy atom. The fourth-order valence-electron chi connectivity index (χ4n) is 2.18. The maximum Gasteiger partial charge on any atom is 0.273 e. The van der Waals surface area contributed by atoms with E-state index in [0.717, 1.165) is 0 Å². The molecule has 0 fully saturated rings. The minimum atomic E-state index is -0.505. The number of carbonyl (C=O) groups excluding carboxylic acids is 1. The SMILES string of the molecule is N#CCCN(Cc1ccco1)C(=O)Cc1ccccc1[N+](=O)[O-]. The van der Waals surface area contributed by atoms with Crippen LogP contribution < -0.4 is 0 Å². The second-order valence-corrected chi connectivity index (χ2v) is 4.87. The van der Waals surface area contributed by atoms with E-state index in [1.807, 2.05) is 6.07 Å². The zero-order chi connectivity index (χ0) is 16.7. The van der Waals surface area contributed by atoms with Crippen LogP contribution in [0.3, 0.4) is 0 Å². The van der Waals surface area contributed by atoms with Crippen molar-refractivity contribution in [2.24, 2.45) is 0 Å². The number of rotatable bonds is 7. The van der Waals surface area contributed by atoms with E-state index in [1.165, 1.54) is 17.2 Å². The molecule has 0 N–H and O–H groups in total. The van der Waals surface area contributed by atoms with Crippen LogP contribution in [0.4, 0.5) is 5.69 Å². The second kappa shape index (κ2) is 7.75. The Balaban J connectivity index is 2.14. The van der Waals surface area contributed by atoms with Gasteiger partial charge in [-0.05, 0) is 12.1 Å². The number of nitriles is 1. The number of nitro groups is 1. The molecule has 1 aromatic heterocycles. The summed E-state index contributed by atoms with van der Waals surface area (Å²) in [6.45, 7) is 0.477. The third-order valence-corrected chi connectivity index (χ3v) is 3.30. The van der Waals surface area contributed by atoms with Crippen LogP contribution in [0.5, 0.6) is 0 Å². The van der Waals surface area contributed by atoms with Crippen LogP contribution in [0.15, 0.2) is 47.1 Å². The Labute approximate surface area is 132 Å². The van der Waals surface area contributed by atoms with E-state index >= 15 is 0 Å². The number of hydrogen-bond donors (Lipinski definition) is 0. The molecular formula is C16H15N3O4. The highest BCUT2D eigenvalue weighted by Gasteiger charge is 2.20. The summed E-state index contributed by atoms with van der Waals surface area (Å²) in [5, 5.41) is 19.8. The molecule has 0 aliphatic heterocycles. The first-order valence-corrected chi connectivity index (χ1v) is 7.01. The van der Waals surface area contributed by atoms with Gasteiger partial charge in [0.1, 0.15) is 5.76 Å². The number of nitrogens with zero attached hydrogens (tertiary/aromatic N) is 3. The van der Waals surface area contributed by atoms with Crippen molar-refractivity contribution >= 4 is 11.6 Å². The number of furan rings is 1. The Morgan fingerprint density at radius 3 is 2.74 bits per heavy atom. The predicted molar refractivity (Wildman–Crippen MR) is 81.2 cm³/mol. The fraction of sp³-hybridized carbons (Fsp3) is 0.250. The summed E-state index contributed by atoms with van der Waals surface area (Å²) in [5.41, 5.74) is 0.267. The van der Waals surface area contributed by atoms with Crippen LogP contribution in [-0.2, 0) is 17.8 Å². The number of amides is 1. The highest BCUT2D eigenvalue weighted by Crippen LogP contribution is 2.19. The van der Waals surface area contributed by atoms with Crippen molar-refractivity contribution in [3.8, 4) is 6.07 Å². The summed E-state index contributed by atoms with van der Waals surface area (Å²) in [6, 6.07) is 11.6. The Bertz CT molecular complexity index is 719. The van der Waals surface area contributed by atoms with Crippen molar-refractivity contribution in [2.75, 3.05) is 6.54 Å². The molecule has 23 heavy (non-hydrogen) atoms. The van der Waals surface area contributed by atoms with Gasteiger partial charge < -0.3 is 9.32 Å². The molecule has 2 rings (SSSR count). The van der Waals surface area contributed by atoms with Crippen LogP contribution in [0.2, 0.25) is 0 Å². The lowest BCUT2D eigenvalue weighted by molar-refractivity contribution is -0.385. The first-order chi connectivity index (χ1) is 11.1. The van der Waals surface area contributed by atoms with Crippen molar-refractivity contribution in [1.82, 2.24) is 4.90 Å². The lowest BCUT2D eigenvalue weighted by atomic mass is 10.1. The summed E-state index contributed by atoms with van der Waals surface area (Å²) in [6.07, 6.45) is 1.59. The van der Waals surface area contributed by atoms with Crippen molar-refractivity contribution < 1.29 is 14.1 Å². The molecule has 1 aromatic carbocycles. The van der Waals surface area contributed by atoms with E-state index in [0.29, 0.717) is 11.3 Å². The van der Waals surface area contributed by atoms with Crippen LogP contribution >= 0.6 is 0 Å². The van der Waals surface area contributed by atoms with Gasteiger partial charge in [0.25, 0.3) is 5.69 Å². The summed E-state index contributed by atoms with van der Waals surface area (Å²) >= 11 is 0. The molecule has 0 saturated heterocycles. The van der Waals surface area contributed by atoms with Gasteiger partial charge in [0.2, 0.25) is 5.91 Å². The molecule has 0 aliphatic rings. The Morgan fingerprint density at radius 2 is 2.09 bits per heavy atom. The van der Waals surface area contributed by atoms with Crippen molar-refractivity contribution in [1.29, 1.82) is 5.26 Å². The monoisotopic (exact) mass is 313 g/mol. The second-order valence-electron chi connectivity index (χ2n) is 4.87. The number of benzene rings is 1. The molecule has 0 spiro atoms. The molecule has 118 valence electrons. The number of nitro benzene ring substituents is 1. The van der Waals surface area contributed by atoms with Gasteiger partial charge in [-0.25, -0.2) is 0 Å². The molecule has 1 heterocycles. The van der Waals surface area contributed by atoms with Gasteiger partial charge in [-0.3, -0.25) is 14.9 Å². The van der Waals surface area contributed by atoms with E-state index in [-0.39, 0.29) is 37.5 Å². The molecule has 1 amide bonds. The van der Waals surface area contributed by atoms with Crippen molar-refractivity contribution in [2.45, 2.75) is 19.4 Å². The average Bonchev–Trinajstić information content (AvgIpc) is 3.04. The third kappa shape index (κ3) is 4.41. The number of carbonyl (C=O) groups is 1. The molecular weight excluding hydrogens is 298 g/mol. The largest absolute Gasteiger partial charge is 0.467 e. The van der Waals surface area contributed by atoms with Gasteiger partial charge in [-0.15, -0.1) is 0 Å². The highest BCUT2D eigenvalue weighted by atomic mass is 16.6. The smallest absolute Gasteiger partial charge is 0.273 e. The molecule has 0 radical (unpaired) electrons. The molecule has 7 nitrogen and oxygen atoms in total. The normalized spacial score (nSPS) is 10.0. The maximum absolute atomic E-state index is 12.5. The van der Waals surface area contributed by atoms with Crippen molar-refractivity contribution in [3.05, 3.63) is 64.1 Å². The molecule has 0 unspecified atom stereocenters. The average molecular weight is 313 g/mol. The van der Waals surface area contributed by atoms with E-state index < -0.39 is 4.92 Å².